The summed E-state index contributed by atoms with van der Waals surface area (Å²) in [4.78, 5) is 17.7. The van der Waals surface area contributed by atoms with Crippen LogP contribution < -0.4 is 5.73 Å². The van der Waals surface area contributed by atoms with E-state index in [4.69, 9.17) is 5.73 Å². The zero-order chi connectivity index (χ0) is 11.7. The zero-order valence-corrected chi connectivity index (χ0v) is 9.63. The van der Waals surface area contributed by atoms with Gasteiger partial charge in [-0.25, -0.2) is 9.67 Å². The van der Waals surface area contributed by atoms with Crippen LogP contribution >= 0.6 is 0 Å². The van der Waals surface area contributed by atoms with E-state index in [0.717, 1.165) is 12.4 Å². The third-order valence-electron chi connectivity index (χ3n) is 3.02. The fourth-order valence-corrected chi connectivity index (χ4v) is 2.27. The lowest BCUT2D eigenvalue weighted by Gasteiger charge is -2.24. The van der Waals surface area contributed by atoms with E-state index >= 15 is 0 Å². The molecule has 1 aromatic rings. The van der Waals surface area contributed by atoms with E-state index in [0.29, 0.717) is 13.0 Å². The maximum absolute atomic E-state index is 11.7. The van der Waals surface area contributed by atoms with E-state index in [2.05, 4.69) is 10.1 Å². The first-order valence-corrected chi connectivity index (χ1v) is 5.61. The molecule has 6 heteroatoms. The third kappa shape index (κ3) is 1.59. The molecule has 0 saturated carbocycles. The highest BCUT2D eigenvalue weighted by molar-refractivity contribution is 5.80. The van der Waals surface area contributed by atoms with Crippen LogP contribution in [-0.4, -0.2) is 38.2 Å². The molecule has 1 aromatic heterocycles. The summed E-state index contributed by atoms with van der Waals surface area (Å²) in [6.45, 7) is 5.35. The first-order chi connectivity index (χ1) is 7.69. The summed E-state index contributed by atoms with van der Waals surface area (Å²) >= 11 is 0. The molecule has 1 amide bonds. The van der Waals surface area contributed by atoms with Gasteiger partial charge in [0.05, 0.1) is 0 Å². The van der Waals surface area contributed by atoms with Gasteiger partial charge in [0.1, 0.15) is 12.4 Å². The van der Waals surface area contributed by atoms with Crippen molar-refractivity contribution in [2.45, 2.75) is 38.9 Å². The Hall–Kier alpha value is -1.43. The van der Waals surface area contributed by atoms with Crippen molar-refractivity contribution >= 4 is 5.91 Å². The molecule has 2 heterocycles. The maximum atomic E-state index is 11.7. The van der Waals surface area contributed by atoms with Crippen LogP contribution in [0.2, 0.25) is 0 Å². The lowest BCUT2D eigenvalue weighted by Crippen LogP contribution is -2.35. The molecule has 1 saturated heterocycles. The predicted molar refractivity (Wildman–Crippen MR) is 58.4 cm³/mol. The van der Waals surface area contributed by atoms with Crippen molar-refractivity contribution in [3.63, 3.8) is 0 Å². The van der Waals surface area contributed by atoms with Gasteiger partial charge in [-0.1, -0.05) is 0 Å². The van der Waals surface area contributed by atoms with Crippen molar-refractivity contribution in [1.29, 1.82) is 0 Å². The molecule has 2 unspecified atom stereocenters. The quantitative estimate of drug-likeness (QED) is 0.777. The summed E-state index contributed by atoms with van der Waals surface area (Å²) in [6.07, 6.45) is 1.91. The average molecular weight is 223 g/mol. The Morgan fingerprint density at radius 2 is 2.25 bits per heavy atom. The summed E-state index contributed by atoms with van der Waals surface area (Å²) < 4.78 is 1.80. The van der Waals surface area contributed by atoms with Crippen LogP contribution in [0.5, 0.6) is 0 Å². The van der Waals surface area contributed by atoms with Crippen LogP contribution in [0.15, 0.2) is 6.33 Å². The van der Waals surface area contributed by atoms with Crippen molar-refractivity contribution in [2.24, 2.45) is 5.73 Å². The summed E-state index contributed by atoms with van der Waals surface area (Å²) in [7, 11) is 0. The number of aromatic nitrogens is 3. The van der Waals surface area contributed by atoms with E-state index < -0.39 is 0 Å². The fraction of sp³-hybridized carbons (Fsp3) is 0.700. The van der Waals surface area contributed by atoms with E-state index in [-0.39, 0.29) is 18.0 Å². The number of carbonyl (C=O) groups is 1. The average Bonchev–Trinajstić information content (AvgIpc) is 2.81. The Balaban J connectivity index is 2.35. The van der Waals surface area contributed by atoms with Gasteiger partial charge in [-0.05, 0) is 13.8 Å². The monoisotopic (exact) mass is 223 g/mol. The molecule has 2 atom stereocenters. The molecule has 16 heavy (non-hydrogen) atoms. The van der Waals surface area contributed by atoms with Gasteiger partial charge in [0.2, 0.25) is 5.91 Å². The number of nitrogens with two attached hydrogens (primary N) is 1. The van der Waals surface area contributed by atoms with Gasteiger partial charge < -0.3 is 10.6 Å². The molecule has 1 aliphatic rings. The van der Waals surface area contributed by atoms with Gasteiger partial charge in [0.25, 0.3) is 0 Å². The number of hydrogen-bond acceptors (Lipinski definition) is 4. The van der Waals surface area contributed by atoms with Gasteiger partial charge >= 0.3 is 0 Å². The third-order valence-corrected chi connectivity index (χ3v) is 3.02. The smallest absolute Gasteiger partial charge is 0.224 e. The number of hydrogen-bond donors (Lipinski definition) is 1. The highest BCUT2D eigenvalue weighted by Gasteiger charge is 2.40. The number of carbonyl (C=O) groups excluding carboxylic acids is 1. The van der Waals surface area contributed by atoms with E-state index in [1.54, 1.807) is 9.58 Å². The topological polar surface area (TPSA) is 77.0 Å². The van der Waals surface area contributed by atoms with Crippen LogP contribution in [0.4, 0.5) is 0 Å². The van der Waals surface area contributed by atoms with E-state index in [1.807, 2.05) is 13.8 Å². The molecule has 0 aromatic carbocycles. The first-order valence-electron chi connectivity index (χ1n) is 5.61. The number of likely N-dealkylation sites (tertiary alicyclic amines) is 1. The summed E-state index contributed by atoms with van der Waals surface area (Å²) in [5.74, 6) is 0.897. The Bertz CT molecular complexity index is 388. The highest BCUT2D eigenvalue weighted by atomic mass is 16.2. The van der Waals surface area contributed by atoms with Crippen LogP contribution in [0, 0.1) is 0 Å². The van der Waals surface area contributed by atoms with Gasteiger partial charge in [0.15, 0.2) is 5.82 Å². The first kappa shape index (κ1) is 11.1. The number of likely N-dealkylation sites (N-methyl/N-ethyl adjacent to an activating group) is 1. The molecule has 0 spiro atoms. The minimum absolute atomic E-state index is 0.102. The fourth-order valence-electron chi connectivity index (χ4n) is 2.27. The molecular weight excluding hydrogens is 206 g/mol. The minimum atomic E-state index is -0.179. The Kier molecular flexibility index (Phi) is 2.91. The lowest BCUT2D eigenvalue weighted by molar-refractivity contribution is -0.128. The number of amides is 1. The zero-order valence-electron chi connectivity index (χ0n) is 9.63. The van der Waals surface area contributed by atoms with Gasteiger partial charge in [-0.15, -0.1) is 0 Å². The van der Waals surface area contributed by atoms with Crippen molar-refractivity contribution in [1.82, 2.24) is 19.7 Å². The van der Waals surface area contributed by atoms with Crippen LogP contribution in [0.3, 0.4) is 0 Å². The Morgan fingerprint density at radius 1 is 1.50 bits per heavy atom. The van der Waals surface area contributed by atoms with Gasteiger partial charge in [-0.2, -0.15) is 5.10 Å². The van der Waals surface area contributed by atoms with Crippen molar-refractivity contribution < 1.29 is 4.79 Å². The predicted octanol–water partition coefficient (Wildman–Crippen LogP) is -0.0814. The van der Waals surface area contributed by atoms with E-state index in [1.165, 1.54) is 6.33 Å². The largest absolute Gasteiger partial charge is 0.331 e. The number of aryl methyl sites for hydroxylation is 1. The molecule has 6 nitrogen and oxygen atoms in total. The van der Waals surface area contributed by atoms with Crippen LogP contribution in [0.25, 0.3) is 0 Å². The summed E-state index contributed by atoms with van der Waals surface area (Å²) in [6, 6.07) is -0.304. The SMILES string of the molecule is CCN1C(=O)CC(N)C1c1ncnn1CC. The van der Waals surface area contributed by atoms with Gasteiger partial charge in [-0.3, -0.25) is 4.79 Å². The molecule has 1 fully saturated rings. The molecule has 0 radical (unpaired) electrons. The number of rotatable bonds is 3. The van der Waals surface area contributed by atoms with E-state index in [9.17, 15) is 4.79 Å². The Morgan fingerprint density at radius 3 is 2.88 bits per heavy atom. The molecule has 2 N–H and O–H groups in total. The second-order valence-electron chi connectivity index (χ2n) is 3.93. The van der Waals surface area contributed by atoms with Gasteiger partial charge in [0, 0.05) is 25.6 Å². The Labute approximate surface area is 94.4 Å². The van der Waals surface area contributed by atoms with Crippen molar-refractivity contribution in [3.05, 3.63) is 12.2 Å². The lowest BCUT2D eigenvalue weighted by atomic mass is 10.1. The van der Waals surface area contributed by atoms with Crippen LogP contribution in [0.1, 0.15) is 32.1 Å². The second kappa shape index (κ2) is 4.21. The van der Waals surface area contributed by atoms with Crippen molar-refractivity contribution in [3.8, 4) is 0 Å². The molecular formula is C10H17N5O. The second-order valence-corrected chi connectivity index (χ2v) is 3.93. The highest BCUT2D eigenvalue weighted by Crippen LogP contribution is 2.30. The molecule has 1 aliphatic heterocycles. The maximum Gasteiger partial charge on any atom is 0.224 e. The van der Waals surface area contributed by atoms with Crippen LogP contribution in [-0.2, 0) is 11.3 Å². The molecule has 0 aliphatic carbocycles. The minimum Gasteiger partial charge on any atom is -0.331 e. The summed E-state index contributed by atoms with van der Waals surface area (Å²) in [5, 5.41) is 4.12. The van der Waals surface area contributed by atoms with Crippen molar-refractivity contribution in [2.75, 3.05) is 6.54 Å². The molecule has 88 valence electrons. The number of nitrogens with zero attached hydrogens (tertiary/aromatic N) is 4. The molecule has 2 rings (SSSR count). The standard InChI is InChI=1S/C10H17N5O/c1-3-14-8(16)5-7(11)9(14)10-12-6-13-15(10)4-2/h6-7,9H,3-5,11H2,1-2H3. The normalized spacial score (nSPS) is 25.4. The summed E-state index contributed by atoms with van der Waals surface area (Å²) in [5.41, 5.74) is 6.01. The molecule has 0 bridgehead atoms.